The van der Waals surface area contributed by atoms with Crippen LogP contribution in [0.5, 0.6) is 0 Å². The first-order valence-electron chi connectivity index (χ1n) is 5.30. The molecule has 0 atom stereocenters. The topological polar surface area (TPSA) is 113 Å². The number of ketones is 1. The molecule has 0 rings (SSSR count). The van der Waals surface area contributed by atoms with Crippen LogP contribution in [-0.4, -0.2) is 50.1 Å². The minimum atomic E-state index is -0.236. The first kappa shape index (κ1) is 22.9. The van der Waals surface area contributed by atoms with E-state index in [4.69, 9.17) is 0 Å². The molecule has 6 nitrogen and oxygen atoms in total. The monoisotopic (exact) mass is 293 g/mol. The van der Waals surface area contributed by atoms with Crippen LogP contribution in [0.3, 0.4) is 0 Å². The van der Waals surface area contributed by atoms with Crippen LogP contribution in [0.2, 0.25) is 0 Å². The summed E-state index contributed by atoms with van der Waals surface area (Å²) in [5.74, 6) is -0.375. The van der Waals surface area contributed by atoms with E-state index < -0.39 is 0 Å². The maximum Gasteiger partial charge on any atom is 4.00 e. The number of hydrogen-bond acceptors (Lipinski definition) is 6. The molecule has 18 heavy (non-hydrogen) atoms. The summed E-state index contributed by atoms with van der Waals surface area (Å²) >= 11 is 0. The Labute approximate surface area is 123 Å². The van der Waals surface area contributed by atoms with Gasteiger partial charge in [0.05, 0.1) is 0 Å². The normalized spacial score (nSPS) is 10.4. The van der Waals surface area contributed by atoms with Crippen LogP contribution in [-0.2, 0) is 26.5 Å². The second-order valence-electron chi connectivity index (χ2n) is 3.32. The Morgan fingerprint density at radius 2 is 1.33 bits per heavy atom. The summed E-state index contributed by atoms with van der Waals surface area (Å²) in [7, 11) is 0. The molecule has 0 saturated carbocycles. The van der Waals surface area contributed by atoms with E-state index in [1.165, 1.54) is 13.8 Å². The number of carbonyl (C=O) groups is 1. The first-order chi connectivity index (χ1) is 7.97. The van der Waals surface area contributed by atoms with Crippen LogP contribution >= 0.6 is 0 Å². The van der Waals surface area contributed by atoms with Crippen molar-refractivity contribution < 1.29 is 46.9 Å². The van der Waals surface area contributed by atoms with Gasteiger partial charge in [0.25, 0.3) is 0 Å². The van der Waals surface area contributed by atoms with Crippen molar-refractivity contribution in [1.82, 2.24) is 4.90 Å². The van der Waals surface area contributed by atoms with E-state index in [1.54, 1.807) is 4.90 Å². The Morgan fingerprint density at radius 1 is 1.00 bits per heavy atom. The maximum absolute atomic E-state index is 10.0. The molecule has 0 saturated heterocycles. The molecule has 0 radical (unpaired) electrons. The van der Waals surface area contributed by atoms with E-state index in [1.807, 2.05) is 0 Å². The number of allylic oxidation sites excluding steroid dienone is 2. The average Bonchev–Trinajstić information content (AvgIpc) is 2.17. The third-order valence-electron chi connectivity index (χ3n) is 1.63. The molecular weight excluding hydrogens is 274 g/mol. The van der Waals surface area contributed by atoms with Crippen molar-refractivity contribution >= 4 is 5.78 Å². The standard InChI is InChI=1S/C6H12NO3.C5H8O2.Ti/c8-4-1-7(2-5-9)3-6-10;1-4(6)3-5(2)7;/h1-6H2;3,6H,1-2H3;/q-3;;+4/p-1/b;4-3-;. The summed E-state index contributed by atoms with van der Waals surface area (Å²) in [6.07, 6.45) is 1.06. The quantitative estimate of drug-likeness (QED) is 0.270. The fourth-order valence-electron chi connectivity index (χ4n) is 1.01. The molecule has 0 aliphatic rings. The van der Waals surface area contributed by atoms with Gasteiger partial charge in [0.1, 0.15) is 0 Å². The second-order valence-corrected chi connectivity index (χ2v) is 3.32. The average molecular weight is 293 g/mol. The third kappa shape index (κ3) is 21.1. The van der Waals surface area contributed by atoms with Gasteiger partial charge in [0.2, 0.25) is 0 Å². The Kier molecular flexibility index (Phi) is 21.3. The summed E-state index contributed by atoms with van der Waals surface area (Å²) in [4.78, 5) is 11.6. The second kappa shape index (κ2) is 16.8. The molecule has 0 spiro atoms. The zero-order valence-electron chi connectivity index (χ0n) is 10.8. The summed E-state index contributed by atoms with van der Waals surface area (Å²) in [5.41, 5.74) is 0. The summed E-state index contributed by atoms with van der Waals surface area (Å²) in [5, 5.41) is 40.1. The zero-order chi connectivity index (χ0) is 13.7. The number of nitrogens with zero attached hydrogens (tertiary/aromatic N) is 1. The molecule has 0 aromatic rings. The Morgan fingerprint density at radius 3 is 1.44 bits per heavy atom. The molecule has 102 valence electrons. The van der Waals surface area contributed by atoms with Crippen LogP contribution in [0.4, 0.5) is 0 Å². The fraction of sp³-hybridized carbons (Fsp3) is 0.727. The van der Waals surface area contributed by atoms with Crippen LogP contribution in [0, 0.1) is 0 Å². The smallest absolute Gasteiger partial charge is 0.876 e. The van der Waals surface area contributed by atoms with Gasteiger partial charge < -0.3 is 25.3 Å². The van der Waals surface area contributed by atoms with Crippen LogP contribution in [0.1, 0.15) is 13.8 Å². The van der Waals surface area contributed by atoms with Crippen molar-refractivity contribution in [2.45, 2.75) is 13.8 Å². The number of carbonyl (C=O) groups excluding carboxylic acids is 1. The van der Waals surface area contributed by atoms with Crippen molar-refractivity contribution in [2.24, 2.45) is 0 Å². The summed E-state index contributed by atoms with van der Waals surface area (Å²) < 4.78 is 0. The number of hydrogen-bond donors (Lipinski definition) is 0. The van der Waals surface area contributed by atoms with Gasteiger partial charge in [-0.3, -0.25) is 4.79 Å². The van der Waals surface area contributed by atoms with Crippen LogP contribution in [0.15, 0.2) is 11.8 Å². The predicted molar refractivity (Wildman–Crippen MR) is 55.5 cm³/mol. The number of rotatable bonds is 7. The molecule has 0 bridgehead atoms. The minimum absolute atomic E-state index is 0. The predicted octanol–water partition coefficient (Wildman–Crippen LogP) is -3.79. The molecule has 0 aliphatic carbocycles. The van der Waals surface area contributed by atoms with Crippen LogP contribution in [0.25, 0.3) is 0 Å². The van der Waals surface area contributed by atoms with E-state index >= 15 is 0 Å². The molecule has 7 heteroatoms. The Balaban J connectivity index is -0.000000251. The molecule has 0 amide bonds. The van der Waals surface area contributed by atoms with Gasteiger partial charge in [0.15, 0.2) is 5.78 Å². The van der Waals surface area contributed by atoms with Gasteiger partial charge in [-0.15, -0.1) is 25.6 Å². The molecule has 0 unspecified atom stereocenters. The largest absolute Gasteiger partial charge is 4.00 e. The molecule has 0 aromatic carbocycles. The molecule has 0 aromatic heterocycles. The van der Waals surface area contributed by atoms with Crippen molar-refractivity contribution in [3.05, 3.63) is 11.8 Å². The van der Waals surface area contributed by atoms with Gasteiger partial charge in [-0.25, -0.2) is 0 Å². The SMILES string of the molecule is CC(=O)/C=C(/C)[O-].[O-]CCN(CC[O-])CC[O-].[Ti+4]. The van der Waals surface area contributed by atoms with E-state index in [2.05, 4.69) is 0 Å². The van der Waals surface area contributed by atoms with Crippen molar-refractivity contribution in [1.29, 1.82) is 0 Å². The Bertz CT molecular complexity index is 205. The van der Waals surface area contributed by atoms with E-state index in [0.29, 0.717) is 19.6 Å². The molecule has 0 heterocycles. The van der Waals surface area contributed by atoms with E-state index in [0.717, 1.165) is 6.08 Å². The van der Waals surface area contributed by atoms with Gasteiger partial charge in [-0.2, -0.15) is 0 Å². The van der Waals surface area contributed by atoms with Crippen LogP contribution < -0.4 is 20.4 Å². The molecule has 0 fully saturated rings. The minimum Gasteiger partial charge on any atom is -0.876 e. The molecule has 0 aliphatic heterocycles. The molecule has 0 N–H and O–H groups in total. The van der Waals surface area contributed by atoms with Gasteiger partial charge >= 0.3 is 21.7 Å². The van der Waals surface area contributed by atoms with Crippen molar-refractivity contribution in [2.75, 3.05) is 39.5 Å². The maximum atomic E-state index is 10.0. The first-order valence-corrected chi connectivity index (χ1v) is 5.30. The van der Waals surface area contributed by atoms with Gasteiger partial charge in [-0.1, -0.05) is 6.92 Å². The van der Waals surface area contributed by atoms with Crippen molar-refractivity contribution in [3.63, 3.8) is 0 Å². The fourth-order valence-corrected chi connectivity index (χ4v) is 1.01. The summed E-state index contributed by atoms with van der Waals surface area (Å²) in [6, 6.07) is 0. The van der Waals surface area contributed by atoms with Gasteiger partial charge in [-0.05, 0) is 32.6 Å². The Hall–Kier alpha value is -0.236. The zero-order valence-corrected chi connectivity index (χ0v) is 12.4. The van der Waals surface area contributed by atoms with Crippen molar-refractivity contribution in [3.8, 4) is 0 Å². The summed E-state index contributed by atoms with van der Waals surface area (Å²) in [6.45, 7) is 2.96. The third-order valence-corrected chi connectivity index (χ3v) is 1.63. The van der Waals surface area contributed by atoms with E-state index in [9.17, 15) is 25.2 Å². The van der Waals surface area contributed by atoms with E-state index in [-0.39, 0.29) is 53.1 Å². The molecular formula is C11H19NO5Ti. The van der Waals surface area contributed by atoms with Gasteiger partial charge in [0, 0.05) is 0 Å².